The van der Waals surface area contributed by atoms with Crippen molar-refractivity contribution < 1.29 is 31.9 Å². The lowest BCUT2D eigenvalue weighted by Gasteiger charge is -2.28. The average Bonchev–Trinajstić information content (AvgIpc) is 3.60. The number of carbonyl (C=O) groups is 2. The lowest BCUT2D eigenvalue weighted by Crippen LogP contribution is -2.48. The van der Waals surface area contributed by atoms with Gasteiger partial charge in [-0.25, -0.2) is 22.3 Å². The molecule has 1 aromatic carbocycles. The Kier molecular flexibility index (Phi) is 9.02. The zero-order valence-electron chi connectivity index (χ0n) is 23.1. The maximum atomic E-state index is 14.3. The summed E-state index contributed by atoms with van der Waals surface area (Å²) in [4.78, 5) is 27.2. The molecule has 3 aliphatic rings. The van der Waals surface area contributed by atoms with E-state index in [-0.39, 0.29) is 23.9 Å². The van der Waals surface area contributed by atoms with Crippen LogP contribution in [0.5, 0.6) is 0 Å². The summed E-state index contributed by atoms with van der Waals surface area (Å²) in [7, 11) is -3.75. The molecule has 2 saturated heterocycles. The Morgan fingerprint density at radius 2 is 1.87 bits per heavy atom. The van der Waals surface area contributed by atoms with Gasteiger partial charge >= 0.3 is 6.09 Å². The number of hydrogen-bond acceptors (Lipinski definition) is 6. The van der Waals surface area contributed by atoms with Crippen molar-refractivity contribution in [3.63, 3.8) is 0 Å². The van der Waals surface area contributed by atoms with E-state index in [0.717, 1.165) is 23.3 Å². The van der Waals surface area contributed by atoms with Crippen LogP contribution in [0.4, 0.5) is 9.18 Å². The van der Waals surface area contributed by atoms with Crippen molar-refractivity contribution in [3.05, 3.63) is 35.4 Å². The van der Waals surface area contributed by atoms with Crippen LogP contribution in [-0.2, 0) is 24.3 Å². The maximum Gasteiger partial charge on any atom is 0.411 e. The second-order valence-corrected chi connectivity index (χ2v) is 13.4. The van der Waals surface area contributed by atoms with Crippen molar-refractivity contribution in [3.8, 4) is 0 Å². The summed E-state index contributed by atoms with van der Waals surface area (Å²) in [6.07, 6.45) is 5.23. The number of nitrogens with one attached hydrogen (secondary N) is 2. The van der Waals surface area contributed by atoms with Crippen molar-refractivity contribution in [1.29, 1.82) is 0 Å². The number of alkyl halides is 1. The number of amides is 2. The number of halogens is 1. The van der Waals surface area contributed by atoms with Gasteiger partial charge in [0.15, 0.2) is 0 Å². The average molecular weight is 566 g/mol. The van der Waals surface area contributed by atoms with Crippen molar-refractivity contribution in [2.45, 2.75) is 94.6 Å². The first-order valence-corrected chi connectivity index (χ1v) is 15.2. The molecule has 1 aliphatic carbocycles. The smallest absolute Gasteiger partial charge is 0.411 e. The summed E-state index contributed by atoms with van der Waals surface area (Å²) in [5.74, 6) is -0.0192. The first-order valence-electron chi connectivity index (χ1n) is 13.7. The molecule has 3 fully saturated rings. The molecule has 3 atom stereocenters. The lowest BCUT2D eigenvalue weighted by molar-refractivity contribution is -0.126. The first kappa shape index (κ1) is 29.5. The fraction of sp³-hybridized carbons (Fsp3) is 0.643. The summed E-state index contributed by atoms with van der Waals surface area (Å²) < 4.78 is 54.1. The van der Waals surface area contributed by atoms with E-state index >= 15 is 0 Å². The van der Waals surface area contributed by atoms with Crippen LogP contribution in [0.2, 0.25) is 0 Å². The van der Waals surface area contributed by atoms with E-state index in [1.54, 1.807) is 39.8 Å². The minimum Gasteiger partial charge on any atom is -0.444 e. The number of benzene rings is 1. The van der Waals surface area contributed by atoms with Gasteiger partial charge in [0.2, 0.25) is 15.9 Å². The quantitative estimate of drug-likeness (QED) is 0.491. The van der Waals surface area contributed by atoms with E-state index in [1.807, 2.05) is 6.08 Å². The molecule has 4 rings (SSSR count). The number of carbonyl (C=O) groups excluding carboxylic acids is 2. The third kappa shape index (κ3) is 8.02. The number of likely N-dealkylation sites (tertiary alicyclic amines) is 1. The van der Waals surface area contributed by atoms with Crippen molar-refractivity contribution >= 4 is 28.1 Å². The molecule has 2 N–H and O–H groups in total. The second kappa shape index (κ2) is 11.9. The summed E-state index contributed by atoms with van der Waals surface area (Å²) in [6.45, 7) is 7.77. The zero-order chi connectivity index (χ0) is 28.4. The van der Waals surface area contributed by atoms with Crippen LogP contribution in [-0.4, -0.2) is 68.9 Å². The number of rotatable bonds is 8. The van der Waals surface area contributed by atoms with Gasteiger partial charge in [-0.1, -0.05) is 18.2 Å². The first-order chi connectivity index (χ1) is 18.3. The Morgan fingerprint density at radius 1 is 1.18 bits per heavy atom. The summed E-state index contributed by atoms with van der Waals surface area (Å²) in [6, 6.07) is 3.17. The molecule has 0 radical (unpaired) electrons. The van der Waals surface area contributed by atoms with Crippen LogP contribution in [0.25, 0.3) is 6.08 Å². The van der Waals surface area contributed by atoms with Crippen LogP contribution in [0.1, 0.15) is 77.0 Å². The lowest BCUT2D eigenvalue weighted by atomic mass is 10.00. The standard InChI is InChI=1S/C28H40FN3O6S/c1-18(30-26(33)25-16-21(29)17-32(25)27(34)38-28(2,3)4)24-10-9-23(15-20(24)8-7-19-5-6-19)39(35,36)31-22-11-13-37-14-12-22/h7-10,15,18-19,21-22,25,31H,5-6,11-14,16-17H2,1-4H3,(H,30,33)/b8-7+/t18-,21+,25-/m0/s1. The highest BCUT2D eigenvalue weighted by Gasteiger charge is 2.42. The molecule has 0 aromatic heterocycles. The SMILES string of the molecule is C[C@H](NC(=O)[C@@H]1C[C@@H](F)CN1C(=O)OC(C)(C)C)c1ccc(S(=O)(=O)NC2CCOCC2)cc1/C=C/C1CC1. The number of allylic oxidation sites excluding steroid dienone is 1. The van der Waals surface area contributed by atoms with Gasteiger partial charge in [-0.3, -0.25) is 9.69 Å². The van der Waals surface area contributed by atoms with Gasteiger partial charge in [0, 0.05) is 25.7 Å². The van der Waals surface area contributed by atoms with Gasteiger partial charge in [0.1, 0.15) is 17.8 Å². The molecular weight excluding hydrogens is 525 g/mol. The van der Waals surface area contributed by atoms with Crippen molar-refractivity contribution in [1.82, 2.24) is 14.9 Å². The van der Waals surface area contributed by atoms with E-state index in [9.17, 15) is 22.4 Å². The Labute approximate surface area is 230 Å². The Balaban J connectivity index is 1.52. The van der Waals surface area contributed by atoms with Gasteiger partial charge in [-0.15, -0.1) is 0 Å². The molecule has 39 heavy (non-hydrogen) atoms. The topological polar surface area (TPSA) is 114 Å². The predicted octanol–water partition coefficient (Wildman–Crippen LogP) is 4.09. The van der Waals surface area contributed by atoms with E-state index in [2.05, 4.69) is 16.1 Å². The fourth-order valence-electron chi connectivity index (χ4n) is 4.83. The molecule has 0 unspecified atom stereocenters. The normalized spacial score (nSPS) is 23.7. The Bertz CT molecular complexity index is 1190. The molecule has 216 valence electrons. The minimum absolute atomic E-state index is 0.110. The van der Waals surface area contributed by atoms with Gasteiger partial charge in [0.05, 0.1) is 17.5 Å². The van der Waals surface area contributed by atoms with Crippen molar-refractivity contribution in [2.75, 3.05) is 19.8 Å². The van der Waals surface area contributed by atoms with Crippen LogP contribution in [0.15, 0.2) is 29.2 Å². The van der Waals surface area contributed by atoms with E-state index in [4.69, 9.17) is 9.47 Å². The monoisotopic (exact) mass is 565 g/mol. The summed E-state index contributed by atoms with van der Waals surface area (Å²) >= 11 is 0. The van der Waals surface area contributed by atoms with Crippen LogP contribution < -0.4 is 10.0 Å². The Morgan fingerprint density at radius 3 is 2.51 bits per heavy atom. The molecule has 2 amide bonds. The summed E-state index contributed by atoms with van der Waals surface area (Å²) in [5.41, 5.74) is 0.636. The van der Waals surface area contributed by atoms with Crippen LogP contribution >= 0.6 is 0 Å². The minimum atomic E-state index is -3.75. The van der Waals surface area contributed by atoms with E-state index < -0.39 is 45.9 Å². The second-order valence-electron chi connectivity index (χ2n) is 11.7. The largest absolute Gasteiger partial charge is 0.444 e. The third-order valence-corrected chi connectivity index (χ3v) is 8.61. The Hall–Kier alpha value is -2.50. The fourth-order valence-corrected chi connectivity index (χ4v) is 6.17. The highest BCUT2D eigenvalue weighted by atomic mass is 32.2. The number of ether oxygens (including phenoxy) is 2. The highest BCUT2D eigenvalue weighted by molar-refractivity contribution is 7.89. The molecule has 2 aliphatic heterocycles. The van der Waals surface area contributed by atoms with Gasteiger partial charge in [0.25, 0.3) is 0 Å². The highest BCUT2D eigenvalue weighted by Crippen LogP contribution is 2.32. The maximum absolute atomic E-state index is 14.3. The molecule has 9 nitrogen and oxygen atoms in total. The van der Waals surface area contributed by atoms with Crippen molar-refractivity contribution in [2.24, 2.45) is 5.92 Å². The predicted molar refractivity (Wildman–Crippen MR) is 145 cm³/mol. The van der Waals surface area contributed by atoms with Crippen LogP contribution in [0.3, 0.4) is 0 Å². The van der Waals surface area contributed by atoms with E-state index in [0.29, 0.717) is 37.5 Å². The van der Waals surface area contributed by atoms with Gasteiger partial charge < -0.3 is 14.8 Å². The zero-order valence-corrected chi connectivity index (χ0v) is 23.9. The molecular formula is C28H40FN3O6S. The third-order valence-electron chi connectivity index (χ3n) is 7.09. The molecule has 0 bridgehead atoms. The molecule has 0 spiro atoms. The number of hydrogen-bond donors (Lipinski definition) is 2. The molecule has 2 heterocycles. The number of sulfonamides is 1. The summed E-state index contributed by atoms with van der Waals surface area (Å²) in [5, 5.41) is 2.91. The van der Waals surface area contributed by atoms with Gasteiger partial charge in [-0.05, 0) is 82.6 Å². The molecule has 1 aromatic rings. The van der Waals surface area contributed by atoms with Gasteiger partial charge in [-0.2, -0.15) is 0 Å². The van der Waals surface area contributed by atoms with Crippen LogP contribution in [0, 0.1) is 5.92 Å². The van der Waals surface area contributed by atoms with E-state index in [1.165, 1.54) is 6.07 Å². The number of nitrogens with zero attached hydrogens (tertiary/aromatic N) is 1. The molecule has 11 heteroatoms. The molecule has 1 saturated carbocycles.